The Balaban J connectivity index is 1.91. The number of hydrogen-bond donors (Lipinski definition) is 2. The summed E-state index contributed by atoms with van der Waals surface area (Å²) in [7, 11) is 0. The van der Waals surface area contributed by atoms with Crippen LogP contribution < -0.4 is 10.6 Å². The molecule has 1 amide bonds. The van der Waals surface area contributed by atoms with Crippen molar-refractivity contribution in [1.29, 1.82) is 0 Å². The van der Waals surface area contributed by atoms with Gasteiger partial charge in [0.05, 0.1) is 25.2 Å². The number of rotatable bonds is 4. The second-order valence-electron chi connectivity index (χ2n) is 5.55. The molecule has 1 aromatic carbocycles. The summed E-state index contributed by atoms with van der Waals surface area (Å²) in [5.74, 6) is 0.0482. The monoisotopic (exact) mass is 276 g/mol. The highest BCUT2D eigenvalue weighted by atomic mass is 16.5. The van der Waals surface area contributed by atoms with Crippen LogP contribution in [0.5, 0.6) is 0 Å². The molecular weight excluding hydrogens is 252 g/mol. The number of benzene rings is 1. The maximum atomic E-state index is 12.1. The molecule has 1 heterocycles. The summed E-state index contributed by atoms with van der Waals surface area (Å²) in [4.78, 5) is 12.1. The molecule has 2 rings (SSSR count). The van der Waals surface area contributed by atoms with Crippen molar-refractivity contribution in [1.82, 2.24) is 10.6 Å². The summed E-state index contributed by atoms with van der Waals surface area (Å²) in [6, 6.07) is 6.36. The van der Waals surface area contributed by atoms with E-state index in [9.17, 15) is 4.79 Å². The molecule has 0 bridgehead atoms. The van der Waals surface area contributed by atoms with Crippen molar-refractivity contribution in [2.75, 3.05) is 19.7 Å². The van der Waals surface area contributed by atoms with E-state index in [2.05, 4.69) is 42.7 Å². The van der Waals surface area contributed by atoms with Crippen LogP contribution in [0.2, 0.25) is 0 Å². The molecule has 2 atom stereocenters. The first-order valence-corrected chi connectivity index (χ1v) is 7.25. The highest BCUT2D eigenvalue weighted by molar-refractivity contribution is 5.77. The van der Waals surface area contributed by atoms with Gasteiger partial charge in [-0.15, -0.1) is 0 Å². The first-order chi connectivity index (χ1) is 9.56. The van der Waals surface area contributed by atoms with Crippen LogP contribution in [0.25, 0.3) is 0 Å². The van der Waals surface area contributed by atoms with E-state index < -0.39 is 0 Å². The number of amides is 1. The van der Waals surface area contributed by atoms with Crippen LogP contribution in [-0.2, 0) is 9.53 Å². The normalized spacial score (nSPS) is 20.4. The molecular formula is C16H24N2O2. The molecule has 4 heteroatoms. The minimum Gasteiger partial charge on any atom is -0.375 e. The Morgan fingerprint density at radius 1 is 1.50 bits per heavy atom. The van der Waals surface area contributed by atoms with E-state index in [1.807, 2.05) is 6.92 Å². The van der Waals surface area contributed by atoms with Gasteiger partial charge in [0, 0.05) is 13.1 Å². The zero-order valence-corrected chi connectivity index (χ0v) is 12.5. The van der Waals surface area contributed by atoms with Crippen LogP contribution in [0.1, 0.15) is 36.1 Å². The maximum Gasteiger partial charge on any atom is 0.223 e. The zero-order chi connectivity index (χ0) is 14.5. The Labute approximate surface area is 120 Å². The van der Waals surface area contributed by atoms with Gasteiger partial charge >= 0.3 is 0 Å². The van der Waals surface area contributed by atoms with Crippen LogP contribution >= 0.6 is 0 Å². The fourth-order valence-corrected chi connectivity index (χ4v) is 2.56. The molecule has 110 valence electrons. The molecule has 2 unspecified atom stereocenters. The van der Waals surface area contributed by atoms with E-state index >= 15 is 0 Å². The Morgan fingerprint density at radius 3 is 3.00 bits per heavy atom. The third-order valence-corrected chi connectivity index (χ3v) is 3.70. The van der Waals surface area contributed by atoms with Crippen molar-refractivity contribution in [3.63, 3.8) is 0 Å². The molecule has 4 nitrogen and oxygen atoms in total. The number of aryl methyl sites for hydroxylation is 2. The van der Waals surface area contributed by atoms with Gasteiger partial charge in [-0.3, -0.25) is 4.79 Å². The first-order valence-electron chi connectivity index (χ1n) is 7.25. The van der Waals surface area contributed by atoms with Crippen molar-refractivity contribution in [2.45, 2.75) is 39.3 Å². The molecule has 1 saturated heterocycles. The Kier molecular flexibility index (Phi) is 5.15. The average molecular weight is 276 g/mol. The quantitative estimate of drug-likeness (QED) is 0.882. The lowest BCUT2D eigenvalue weighted by Gasteiger charge is -2.24. The van der Waals surface area contributed by atoms with Crippen LogP contribution in [0.15, 0.2) is 18.2 Å². The number of nitrogens with one attached hydrogen (secondary N) is 2. The van der Waals surface area contributed by atoms with Crippen LogP contribution in [0, 0.1) is 13.8 Å². The zero-order valence-electron chi connectivity index (χ0n) is 12.5. The lowest BCUT2D eigenvalue weighted by molar-refractivity contribution is -0.125. The fourth-order valence-electron chi connectivity index (χ4n) is 2.56. The largest absolute Gasteiger partial charge is 0.375 e. The minimum absolute atomic E-state index is 0.00504. The van der Waals surface area contributed by atoms with E-state index in [-0.39, 0.29) is 18.1 Å². The molecule has 1 fully saturated rings. The van der Waals surface area contributed by atoms with Crippen LogP contribution in [0.4, 0.5) is 0 Å². The van der Waals surface area contributed by atoms with E-state index in [0.717, 1.165) is 13.1 Å². The van der Waals surface area contributed by atoms with Gasteiger partial charge < -0.3 is 15.4 Å². The molecule has 0 spiro atoms. The molecule has 1 aromatic rings. The number of hydrogen-bond acceptors (Lipinski definition) is 3. The number of ether oxygens (including phenoxy) is 1. The fraction of sp³-hybridized carbons (Fsp3) is 0.562. The molecule has 0 aromatic heterocycles. The lowest BCUT2D eigenvalue weighted by Crippen LogP contribution is -2.41. The Bertz CT molecular complexity index is 468. The molecule has 20 heavy (non-hydrogen) atoms. The van der Waals surface area contributed by atoms with Gasteiger partial charge in [0.15, 0.2) is 0 Å². The second-order valence-corrected chi connectivity index (χ2v) is 5.55. The van der Waals surface area contributed by atoms with E-state index in [1.165, 1.54) is 16.7 Å². The summed E-state index contributed by atoms with van der Waals surface area (Å²) in [6.07, 6.45) is 0.414. The van der Waals surface area contributed by atoms with E-state index in [1.54, 1.807) is 0 Å². The van der Waals surface area contributed by atoms with Crippen molar-refractivity contribution >= 4 is 5.91 Å². The van der Waals surface area contributed by atoms with E-state index in [0.29, 0.717) is 13.0 Å². The van der Waals surface area contributed by atoms with Crippen LogP contribution in [-0.4, -0.2) is 31.7 Å². The molecule has 2 N–H and O–H groups in total. The van der Waals surface area contributed by atoms with Gasteiger partial charge in [-0.1, -0.05) is 23.8 Å². The van der Waals surface area contributed by atoms with Crippen molar-refractivity contribution < 1.29 is 9.53 Å². The molecule has 0 saturated carbocycles. The predicted molar refractivity (Wildman–Crippen MR) is 79.7 cm³/mol. The second kappa shape index (κ2) is 6.86. The summed E-state index contributed by atoms with van der Waals surface area (Å²) >= 11 is 0. The van der Waals surface area contributed by atoms with Gasteiger partial charge in [-0.05, 0) is 31.9 Å². The Morgan fingerprint density at radius 2 is 2.30 bits per heavy atom. The number of morpholine rings is 1. The van der Waals surface area contributed by atoms with Gasteiger partial charge in [0.2, 0.25) is 5.91 Å². The molecule has 0 radical (unpaired) electrons. The smallest absolute Gasteiger partial charge is 0.223 e. The predicted octanol–water partition coefficient (Wildman–Crippen LogP) is 1.86. The topological polar surface area (TPSA) is 50.4 Å². The minimum atomic E-state index is -0.00504. The average Bonchev–Trinajstić information content (AvgIpc) is 2.42. The SMILES string of the molecule is Cc1ccc(C)c(C(C)NC(=O)CC2CNCCO2)c1. The van der Waals surface area contributed by atoms with Gasteiger partial charge in [0.25, 0.3) is 0 Å². The number of carbonyl (C=O) groups is 1. The number of carbonyl (C=O) groups excluding carboxylic acids is 1. The third-order valence-electron chi connectivity index (χ3n) is 3.70. The van der Waals surface area contributed by atoms with Gasteiger partial charge in [-0.2, -0.15) is 0 Å². The summed E-state index contributed by atoms with van der Waals surface area (Å²) in [6.45, 7) is 8.48. The molecule has 1 aliphatic heterocycles. The van der Waals surface area contributed by atoms with Crippen molar-refractivity contribution in [3.05, 3.63) is 34.9 Å². The van der Waals surface area contributed by atoms with Crippen LogP contribution in [0.3, 0.4) is 0 Å². The highest BCUT2D eigenvalue weighted by Crippen LogP contribution is 2.19. The summed E-state index contributed by atoms with van der Waals surface area (Å²) in [5, 5.41) is 6.30. The summed E-state index contributed by atoms with van der Waals surface area (Å²) < 4.78 is 5.56. The lowest BCUT2D eigenvalue weighted by atomic mass is 10.00. The summed E-state index contributed by atoms with van der Waals surface area (Å²) in [5.41, 5.74) is 3.60. The first kappa shape index (κ1) is 15.0. The maximum absolute atomic E-state index is 12.1. The standard InChI is InChI=1S/C16H24N2O2/c1-11-4-5-12(2)15(8-11)13(3)18-16(19)9-14-10-17-6-7-20-14/h4-5,8,13-14,17H,6-7,9-10H2,1-3H3,(H,18,19). The molecule has 1 aliphatic rings. The highest BCUT2D eigenvalue weighted by Gasteiger charge is 2.19. The van der Waals surface area contributed by atoms with E-state index in [4.69, 9.17) is 4.74 Å². The third kappa shape index (κ3) is 4.05. The molecule has 0 aliphatic carbocycles. The van der Waals surface area contributed by atoms with Gasteiger partial charge in [-0.25, -0.2) is 0 Å². The van der Waals surface area contributed by atoms with Gasteiger partial charge in [0.1, 0.15) is 0 Å². The Hall–Kier alpha value is -1.39. The van der Waals surface area contributed by atoms with Crippen molar-refractivity contribution in [3.8, 4) is 0 Å². The van der Waals surface area contributed by atoms with Crippen molar-refractivity contribution in [2.24, 2.45) is 0 Å².